The Bertz CT molecular complexity index is 876. The van der Waals surface area contributed by atoms with E-state index in [4.69, 9.17) is 0 Å². The number of nitrogens with zero attached hydrogens (tertiary/aromatic N) is 1. The second kappa shape index (κ2) is 5.17. The standard InChI is InChI=1S/C13H8F3NO3S2/c14-13(15,16)22(18,19)20-17-10-7-21-11-6-5-8-3-1-2-4-9(8)12(10)11/h1-6H,7H2/b17-10-. The Balaban J connectivity index is 2.05. The number of rotatable bonds is 2. The Hall–Kier alpha value is -1.74. The minimum atomic E-state index is -5.74. The molecular weight excluding hydrogens is 339 g/mol. The van der Waals surface area contributed by atoms with Gasteiger partial charge < -0.3 is 0 Å². The molecule has 0 aromatic heterocycles. The van der Waals surface area contributed by atoms with Crippen LogP contribution in [-0.4, -0.2) is 25.4 Å². The zero-order valence-corrected chi connectivity index (χ0v) is 12.4. The van der Waals surface area contributed by atoms with E-state index in [-0.39, 0.29) is 11.5 Å². The van der Waals surface area contributed by atoms with Crippen LogP contribution in [-0.2, 0) is 14.4 Å². The van der Waals surface area contributed by atoms with Crippen LogP contribution in [0.1, 0.15) is 5.56 Å². The minimum absolute atomic E-state index is 0.171. The summed E-state index contributed by atoms with van der Waals surface area (Å²) in [6.07, 6.45) is 0. The number of thioether (sulfide) groups is 1. The van der Waals surface area contributed by atoms with Gasteiger partial charge in [-0.05, 0) is 16.8 Å². The van der Waals surface area contributed by atoms with Crippen molar-refractivity contribution in [2.45, 2.75) is 10.4 Å². The Morgan fingerprint density at radius 1 is 1.14 bits per heavy atom. The van der Waals surface area contributed by atoms with E-state index in [1.807, 2.05) is 24.3 Å². The van der Waals surface area contributed by atoms with Gasteiger partial charge in [0.25, 0.3) is 0 Å². The van der Waals surface area contributed by atoms with Gasteiger partial charge in [-0.2, -0.15) is 21.6 Å². The van der Waals surface area contributed by atoms with Crippen LogP contribution in [0.15, 0.2) is 46.4 Å². The highest BCUT2D eigenvalue weighted by atomic mass is 32.2. The molecule has 116 valence electrons. The summed E-state index contributed by atoms with van der Waals surface area (Å²) in [5, 5.41) is 4.91. The average Bonchev–Trinajstić information content (AvgIpc) is 2.87. The predicted octanol–water partition coefficient (Wildman–Crippen LogP) is 3.52. The molecule has 0 fully saturated rings. The Kier molecular flexibility index (Phi) is 3.56. The molecule has 0 atom stereocenters. The molecule has 0 saturated carbocycles. The normalized spacial score (nSPS) is 17.0. The smallest absolute Gasteiger partial charge is 0.262 e. The van der Waals surface area contributed by atoms with Crippen LogP contribution in [0.3, 0.4) is 0 Å². The van der Waals surface area contributed by atoms with E-state index in [1.54, 1.807) is 12.1 Å². The Morgan fingerprint density at radius 3 is 2.59 bits per heavy atom. The zero-order valence-electron chi connectivity index (χ0n) is 10.8. The van der Waals surface area contributed by atoms with E-state index in [1.165, 1.54) is 11.8 Å². The molecule has 0 radical (unpaired) electrons. The zero-order chi connectivity index (χ0) is 16.0. The van der Waals surface area contributed by atoms with Gasteiger partial charge in [-0.25, -0.2) is 0 Å². The first kappa shape index (κ1) is 15.2. The van der Waals surface area contributed by atoms with Gasteiger partial charge in [-0.3, -0.25) is 4.28 Å². The summed E-state index contributed by atoms with van der Waals surface area (Å²) in [6, 6.07) is 11.0. The fourth-order valence-electron chi connectivity index (χ4n) is 2.10. The molecule has 0 amide bonds. The van der Waals surface area contributed by atoms with Crippen LogP contribution in [0.5, 0.6) is 0 Å². The second-order valence-electron chi connectivity index (χ2n) is 4.46. The molecule has 3 rings (SSSR count). The molecular formula is C13H8F3NO3S2. The van der Waals surface area contributed by atoms with Crippen molar-refractivity contribution in [3.05, 3.63) is 42.0 Å². The van der Waals surface area contributed by atoms with Crippen LogP contribution in [0, 0.1) is 0 Å². The van der Waals surface area contributed by atoms with Crippen molar-refractivity contribution in [1.29, 1.82) is 0 Å². The van der Waals surface area contributed by atoms with Gasteiger partial charge in [0, 0.05) is 16.2 Å². The third kappa shape index (κ3) is 2.54. The summed E-state index contributed by atoms with van der Waals surface area (Å²) in [4.78, 5) is 0.824. The molecule has 4 nitrogen and oxygen atoms in total. The molecule has 1 aliphatic rings. The van der Waals surface area contributed by atoms with Gasteiger partial charge in [0.2, 0.25) is 0 Å². The topological polar surface area (TPSA) is 55.7 Å². The van der Waals surface area contributed by atoms with Crippen molar-refractivity contribution in [3.63, 3.8) is 0 Å². The first-order valence-corrected chi connectivity index (χ1v) is 8.41. The lowest BCUT2D eigenvalue weighted by Gasteiger charge is -2.07. The number of hydrogen-bond donors (Lipinski definition) is 0. The van der Waals surface area contributed by atoms with Gasteiger partial charge in [-0.15, -0.1) is 11.8 Å². The number of oxime groups is 1. The van der Waals surface area contributed by atoms with Gasteiger partial charge >= 0.3 is 15.6 Å². The van der Waals surface area contributed by atoms with Crippen LogP contribution < -0.4 is 0 Å². The molecule has 1 heterocycles. The van der Waals surface area contributed by atoms with Crippen molar-refractivity contribution in [2.24, 2.45) is 5.16 Å². The summed E-state index contributed by atoms with van der Waals surface area (Å²) in [5.41, 5.74) is -4.71. The lowest BCUT2D eigenvalue weighted by molar-refractivity contribution is -0.0540. The lowest BCUT2D eigenvalue weighted by atomic mass is 10.0. The van der Waals surface area contributed by atoms with E-state index in [2.05, 4.69) is 9.44 Å². The number of hydrogen-bond acceptors (Lipinski definition) is 5. The first-order valence-electron chi connectivity index (χ1n) is 6.01. The Labute approximate surface area is 128 Å². The van der Waals surface area contributed by atoms with Crippen LogP contribution >= 0.6 is 11.8 Å². The SMILES string of the molecule is O=S(=O)(O/N=C1/CSc2ccc3ccccc3c21)C(F)(F)F. The van der Waals surface area contributed by atoms with Crippen LogP contribution in [0.4, 0.5) is 13.2 Å². The molecule has 0 N–H and O–H groups in total. The average molecular weight is 347 g/mol. The van der Waals surface area contributed by atoms with Crippen molar-refractivity contribution in [2.75, 3.05) is 5.75 Å². The molecule has 0 spiro atoms. The van der Waals surface area contributed by atoms with Crippen molar-refractivity contribution < 1.29 is 25.9 Å². The van der Waals surface area contributed by atoms with Gasteiger partial charge in [0.1, 0.15) is 5.71 Å². The predicted molar refractivity (Wildman–Crippen MR) is 77.3 cm³/mol. The molecule has 0 saturated heterocycles. The van der Waals surface area contributed by atoms with E-state index < -0.39 is 15.6 Å². The van der Waals surface area contributed by atoms with Gasteiger partial charge in [-0.1, -0.05) is 35.5 Å². The second-order valence-corrected chi connectivity index (χ2v) is 7.00. The summed E-state index contributed by atoms with van der Waals surface area (Å²) < 4.78 is 62.5. The molecule has 0 aliphatic carbocycles. The molecule has 1 aliphatic heterocycles. The van der Waals surface area contributed by atoms with Gasteiger partial charge in [0.15, 0.2) is 0 Å². The highest BCUT2D eigenvalue weighted by molar-refractivity contribution is 8.00. The largest absolute Gasteiger partial charge is 0.536 e. The fourth-order valence-corrected chi connectivity index (χ4v) is 3.39. The molecule has 2 aromatic carbocycles. The van der Waals surface area contributed by atoms with Gasteiger partial charge in [0.05, 0.1) is 0 Å². The highest BCUT2D eigenvalue weighted by Gasteiger charge is 2.49. The summed E-state index contributed by atoms with van der Waals surface area (Å²) in [5.74, 6) is 0.247. The lowest BCUT2D eigenvalue weighted by Crippen LogP contribution is -2.24. The fraction of sp³-hybridized carbons (Fsp3) is 0.154. The van der Waals surface area contributed by atoms with Crippen LogP contribution in [0.2, 0.25) is 0 Å². The Morgan fingerprint density at radius 2 is 1.86 bits per heavy atom. The molecule has 0 bridgehead atoms. The van der Waals surface area contributed by atoms with Crippen molar-refractivity contribution in [3.8, 4) is 0 Å². The van der Waals surface area contributed by atoms with E-state index >= 15 is 0 Å². The maximum atomic E-state index is 12.3. The maximum absolute atomic E-state index is 12.3. The number of halogens is 3. The number of alkyl halides is 3. The monoisotopic (exact) mass is 347 g/mol. The number of fused-ring (bicyclic) bond motifs is 3. The van der Waals surface area contributed by atoms with E-state index in [9.17, 15) is 21.6 Å². The molecule has 22 heavy (non-hydrogen) atoms. The summed E-state index contributed by atoms with van der Waals surface area (Å²) >= 11 is 1.36. The maximum Gasteiger partial charge on any atom is 0.536 e. The number of benzene rings is 2. The minimum Gasteiger partial charge on any atom is -0.262 e. The van der Waals surface area contributed by atoms with E-state index in [0.717, 1.165) is 15.7 Å². The first-order chi connectivity index (χ1) is 10.3. The third-order valence-corrected chi connectivity index (χ3v) is 4.98. The molecule has 2 aromatic rings. The summed E-state index contributed by atoms with van der Waals surface area (Å²) in [6.45, 7) is 0. The van der Waals surface area contributed by atoms with E-state index in [0.29, 0.717) is 5.56 Å². The van der Waals surface area contributed by atoms with Crippen molar-refractivity contribution >= 4 is 38.4 Å². The molecule has 9 heteroatoms. The quantitative estimate of drug-likeness (QED) is 0.616. The third-order valence-electron chi connectivity index (χ3n) is 3.07. The highest BCUT2D eigenvalue weighted by Crippen LogP contribution is 2.37. The molecule has 0 unspecified atom stereocenters. The van der Waals surface area contributed by atoms with Crippen LogP contribution in [0.25, 0.3) is 10.8 Å². The summed E-state index contributed by atoms with van der Waals surface area (Å²) in [7, 11) is -5.74. The van der Waals surface area contributed by atoms with Crippen molar-refractivity contribution in [1.82, 2.24) is 0 Å².